The van der Waals surface area contributed by atoms with E-state index in [0.29, 0.717) is 37.5 Å². The van der Waals surface area contributed by atoms with E-state index in [1.54, 1.807) is 12.4 Å². The second kappa shape index (κ2) is 6.07. The van der Waals surface area contributed by atoms with Crippen LogP contribution in [0.4, 0.5) is 16.2 Å². The van der Waals surface area contributed by atoms with E-state index >= 15 is 0 Å². The molecule has 3 aromatic rings. The van der Waals surface area contributed by atoms with E-state index in [1.807, 2.05) is 13.8 Å². The average molecular weight is 410 g/mol. The SMILES string of the molecule is CC1(C)OCCn2c1nc1c(N3CC4CC3CC4F)nc(-c3cnc(N)nc3)nc12. The third kappa shape index (κ3) is 2.52. The molecule has 0 spiro atoms. The second-order valence-corrected chi connectivity index (χ2v) is 8.87. The van der Waals surface area contributed by atoms with Crippen molar-refractivity contribution in [2.45, 2.75) is 51.0 Å². The maximum atomic E-state index is 14.2. The Kier molecular flexibility index (Phi) is 3.63. The number of nitrogens with zero attached hydrogens (tertiary/aromatic N) is 7. The number of nitrogens with two attached hydrogens (primary N) is 1. The molecule has 9 nitrogen and oxygen atoms in total. The molecule has 2 bridgehead atoms. The molecule has 0 aromatic carbocycles. The zero-order chi connectivity index (χ0) is 20.6. The van der Waals surface area contributed by atoms with Gasteiger partial charge in [-0.15, -0.1) is 0 Å². The van der Waals surface area contributed by atoms with Gasteiger partial charge in [-0.05, 0) is 26.7 Å². The van der Waals surface area contributed by atoms with Gasteiger partial charge in [-0.1, -0.05) is 0 Å². The number of fused-ring (bicyclic) bond motifs is 5. The number of ether oxygens (including phenoxy) is 1. The van der Waals surface area contributed by atoms with Gasteiger partial charge in [0.2, 0.25) is 5.95 Å². The average Bonchev–Trinajstić information content (AvgIpc) is 3.40. The lowest BCUT2D eigenvalue weighted by molar-refractivity contribution is -0.0530. The van der Waals surface area contributed by atoms with Crippen LogP contribution >= 0.6 is 0 Å². The number of imidazole rings is 1. The molecular weight excluding hydrogens is 387 g/mol. The molecular formula is C20H23FN8O. The van der Waals surface area contributed by atoms with Crippen LogP contribution in [0.5, 0.6) is 0 Å². The van der Waals surface area contributed by atoms with Crippen LogP contribution in [0.1, 0.15) is 32.5 Å². The molecule has 2 N–H and O–H groups in total. The number of aromatic nitrogens is 6. The molecule has 5 heterocycles. The first-order chi connectivity index (χ1) is 14.4. The van der Waals surface area contributed by atoms with Crippen LogP contribution in [0.25, 0.3) is 22.6 Å². The van der Waals surface area contributed by atoms with Gasteiger partial charge in [-0.3, -0.25) is 0 Å². The zero-order valence-electron chi connectivity index (χ0n) is 16.9. The molecule has 30 heavy (non-hydrogen) atoms. The minimum atomic E-state index is -0.726. The first-order valence-electron chi connectivity index (χ1n) is 10.3. The molecule has 156 valence electrons. The van der Waals surface area contributed by atoms with Crippen LogP contribution in [0, 0.1) is 5.92 Å². The lowest BCUT2D eigenvalue weighted by atomic mass is 10.1. The van der Waals surface area contributed by atoms with Gasteiger partial charge < -0.3 is 19.9 Å². The van der Waals surface area contributed by atoms with E-state index in [4.69, 9.17) is 25.4 Å². The van der Waals surface area contributed by atoms with Gasteiger partial charge in [-0.2, -0.15) is 0 Å². The Morgan fingerprint density at radius 2 is 1.97 bits per heavy atom. The quantitative estimate of drug-likeness (QED) is 0.684. The van der Waals surface area contributed by atoms with Gasteiger partial charge in [0, 0.05) is 37.4 Å². The molecule has 3 aliphatic rings. The summed E-state index contributed by atoms with van der Waals surface area (Å²) in [5, 5.41) is 0. The fourth-order valence-electron chi connectivity index (χ4n) is 5.05. The number of alkyl halides is 1. The minimum absolute atomic E-state index is 0.0559. The topological polar surface area (TPSA) is 108 Å². The van der Waals surface area contributed by atoms with E-state index in [0.717, 1.165) is 29.2 Å². The van der Waals surface area contributed by atoms with Crippen LogP contribution in [0.2, 0.25) is 0 Å². The first kappa shape index (κ1) is 17.9. The largest absolute Gasteiger partial charge is 0.368 e. The monoisotopic (exact) mass is 410 g/mol. The smallest absolute Gasteiger partial charge is 0.219 e. The third-order valence-electron chi connectivity index (χ3n) is 6.55. The van der Waals surface area contributed by atoms with E-state index in [9.17, 15) is 4.39 Å². The summed E-state index contributed by atoms with van der Waals surface area (Å²) in [7, 11) is 0. The molecule has 6 rings (SSSR count). The summed E-state index contributed by atoms with van der Waals surface area (Å²) in [6.45, 7) is 5.93. The van der Waals surface area contributed by atoms with E-state index in [1.165, 1.54) is 0 Å². The Bertz CT molecular complexity index is 1140. The van der Waals surface area contributed by atoms with Crippen molar-refractivity contribution in [1.29, 1.82) is 0 Å². The van der Waals surface area contributed by atoms with Crippen molar-refractivity contribution in [1.82, 2.24) is 29.5 Å². The molecule has 10 heteroatoms. The lowest BCUT2D eigenvalue weighted by Gasteiger charge is -2.30. The van der Waals surface area contributed by atoms with E-state index in [-0.39, 0.29) is 17.9 Å². The van der Waals surface area contributed by atoms with Crippen LogP contribution in [-0.4, -0.2) is 54.9 Å². The van der Waals surface area contributed by atoms with Gasteiger partial charge in [0.05, 0.1) is 12.2 Å². The van der Waals surface area contributed by atoms with Gasteiger partial charge in [0.25, 0.3) is 0 Å². The van der Waals surface area contributed by atoms with E-state index in [2.05, 4.69) is 19.4 Å². The van der Waals surface area contributed by atoms with Crippen molar-refractivity contribution < 1.29 is 9.13 Å². The number of piperidine rings is 1. The molecule has 3 aromatic heterocycles. The van der Waals surface area contributed by atoms with Gasteiger partial charge >= 0.3 is 0 Å². The highest BCUT2D eigenvalue weighted by atomic mass is 19.1. The standard InChI is InChI=1S/C20H23FN8O/c1-20(2)18-25-14-16(28(18)3-4-30-20)26-15(11-7-23-19(22)24-8-11)27-17(14)29-9-10-5-12(29)6-13(10)21/h7-8,10,12-13H,3-6,9H2,1-2H3,(H2,22,23,24). The predicted molar refractivity (Wildman–Crippen MR) is 108 cm³/mol. The maximum Gasteiger partial charge on any atom is 0.219 e. The van der Waals surface area contributed by atoms with Crippen LogP contribution in [-0.2, 0) is 16.9 Å². The molecule has 0 amide bonds. The highest BCUT2D eigenvalue weighted by molar-refractivity contribution is 5.87. The summed E-state index contributed by atoms with van der Waals surface area (Å²) in [5.41, 5.74) is 7.32. The lowest BCUT2D eigenvalue weighted by Crippen LogP contribution is -2.37. The molecule has 1 aliphatic carbocycles. The Balaban J connectivity index is 1.57. The van der Waals surface area contributed by atoms with Crippen molar-refractivity contribution >= 4 is 22.9 Å². The Morgan fingerprint density at radius 1 is 1.17 bits per heavy atom. The van der Waals surface area contributed by atoms with Crippen molar-refractivity contribution in [2.24, 2.45) is 5.92 Å². The van der Waals surface area contributed by atoms with Gasteiger partial charge in [-0.25, -0.2) is 29.3 Å². The van der Waals surface area contributed by atoms with Crippen LogP contribution < -0.4 is 10.6 Å². The summed E-state index contributed by atoms with van der Waals surface area (Å²) in [6, 6.07) is 0.140. The number of halogens is 1. The maximum absolute atomic E-state index is 14.2. The Labute approximate surface area is 172 Å². The number of anilines is 2. The van der Waals surface area contributed by atoms with Crippen molar-refractivity contribution in [3.8, 4) is 11.4 Å². The fourth-order valence-corrected chi connectivity index (χ4v) is 5.05. The summed E-state index contributed by atoms with van der Waals surface area (Å²) >= 11 is 0. The van der Waals surface area contributed by atoms with Gasteiger partial charge in [0.15, 0.2) is 22.8 Å². The summed E-state index contributed by atoms with van der Waals surface area (Å²) < 4.78 is 22.2. The van der Waals surface area contributed by atoms with Crippen molar-refractivity contribution in [3.63, 3.8) is 0 Å². The molecule has 2 fully saturated rings. The number of rotatable bonds is 2. The zero-order valence-corrected chi connectivity index (χ0v) is 16.9. The molecule has 0 radical (unpaired) electrons. The number of nitrogen functional groups attached to an aromatic ring is 1. The Morgan fingerprint density at radius 3 is 2.67 bits per heavy atom. The minimum Gasteiger partial charge on any atom is -0.368 e. The highest BCUT2D eigenvalue weighted by Crippen LogP contribution is 2.44. The normalized spacial score (nSPS) is 27.0. The number of hydrogen-bond donors (Lipinski definition) is 1. The van der Waals surface area contributed by atoms with E-state index < -0.39 is 11.8 Å². The predicted octanol–water partition coefficient (Wildman–Crippen LogP) is 2.07. The van der Waals surface area contributed by atoms with Crippen molar-refractivity contribution in [3.05, 3.63) is 18.2 Å². The number of hydrogen-bond acceptors (Lipinski definition) is 8. The summed E-state index contributed by atoms with van der Waals surface area (Å²) in [4.78, 5) is 25.0. The second-order valence-electron chi connectivity index (χ2n) is 8.87. The fraction of sp³-hybridized carbons (Fsp3) is 0.550. The van der Waals surface area contributed by atoms with Gasteiger partial charge in [0.1, 0.15) is 17.6 Å². The first-order valence-corrected chi connectivity index (χ1v) is 10.3. The third-order valence-corrected chi connectivity index (χ3v) is 6.55. The summed E-state index contributed by atoms with van der Waals surface area (Å²) in [5.74, 6) is 2.36. The molecule has 1 saturated carbocycles. The van der Waals surface area contributed by atoms with Crippen LogP contribution in [0.3, 0.4) is 0 Å². The van der Waals surface area contributed by atoms with Crippen LogP contribution in [0.15, 0.2) is 12.4 Å². The molecule has 3 unspecified atom stereocenters. The molecule has 1 saturated heterocycles. The van der Waals surface area contributed by atoms with Crippen molar-refractivity contribution in [2.75, 3.05) is 23.8 Å². The summed E-state index contributed by atoms with van der Waals surface area (Å²) in [6.07, 6.45) is 3.92. The molecule has 2 aliphatic heterocycles. The molecule has 3 atom stereocenters. The highest BCUT2D eigenvalue weighted by Gasteiger charge is 2.46. The Hall–Kier alpha value is -2.88.